The Morgan fingerprint density at radius 1 is 0.667 bits per heavy atom. The van der Waals surface area contributed by atoms with E-state index in [4.69, 9.17) is 14.2 Å². The molecule has 10 heteroatoms. The van der Waals surface area contributed by atoms with E-state index in [-0.39, 0.29) is 22.2 Å². The van der Waals surface area contributed by atoms with Crippen LogP contribution in [0.4, 0.5) is 14.4 Å². The summed E-state index contributed by atoms with van der Waals surface area (Å²) < 4.78 is 15.8. The first-order chi connectivity index (χ1) is 14.8. The standard InChI is InChI=1S/C23H34N2O8/c1-21(2,3)31-18(28)24(17(27)16-12-10-15(14-26)11-13-16)25(19(29)32-22(4,5)6)20(30)33-23(7,8)9/h10-13,26H,14H2,1-9H3. The number of benzene rings is 1. The van der Waals surface area contributed by atoms with Crippen molar-refractivity contribution in [3.63, 3.8) is 0 Å². The van der Waals surface area contributed by atoms with Gasteiger partial charge in [0.05, 0.1) is 6.61 Å². The van der Waals surface area contributed by atoms with E-state index in [0.717, 1.165) is 0 Å². The van der Waals surface area contributed by atoms with Gasteiger partial charge in [-0.3, -0.25) is 4.79 Å². The average molecular weight is 467 g/mol. The number of ether oxygens (including phenoxy) is 3. The van der Waals surface area contributed by atoms with Crippen molar-refractivity contribution < 1.29 is 38.5 Å². The van der Waals surface area contributed by atoms with Crippen LogP contribution in [0.5, 0.6) is 0 Å². The monoisotopic (exact) mass is 466 g/mol. The van der Waals surface area contributed by atoms with Crippen molar-refractivity contribution in [2.75, 3.05) is 0 Å². The van der Waals surface area contributed by atoms with Crippen LogP contribution in [0.1, 0.15) is 78.2 Å². The summed E-state index contributed by atoms with van der Waals surface area (Å²) in [6.07, 6.45) is -3.89. The van der Waals surface area contributed by atoms with Gasteiger partial charge < -0.3 is 19.3 Å². The van der Waals surface area contributed by atoms with Crippen molar-refractivity contribution in [3.05, 3.63) is 35.4 Å². The maximum Gasteiger partial charge on any atom is 0.440 e. The summed E-state index contributed by atoms with van der Waals surface area (Å²) >= 11 is 0. The Labute approximate surface area is 194 Å². The second kappa shape index (κ2) is 10.2. The lowest BCUT2D eigenvalue weighted by atomic mass is 10.1. The molecule has 0 heterocycles. The SMILES string of the molecule is CC(C)(C)OC(=O)N(C(=O)OC(C)(C)C)N(C(=O)OC(C)(C)C)C(=O)c1ccc(CO)cc1. The summed E-state index contributed by atoms with van der Waals surface area (Å²) in [6.45, 7) is 13.8. The Morgan fingerprint density at radius 2 is 1.00 bits per heavy atom. The molecule has 0 aliphatic rings. The maximum atomic E-state index is 13.4. The van der Waals surface area contributed by atoms with E-state index in [2.05, 4.69) is 0 Å². The second-order valence-electron chi connectivity index (χ2n) is 10.2. The fourth-order valence-corrected chi connectivity index (χ4v) is 2.28. The quantitative estimate of drug-likeness (QED) is 0.494. The van der Waals surface area contributed by atoms with E-state index < -0.39 is 41.0 Å². The molecule has 1 aromatic carbocycles. The third-order valence-electron chi connectivity index (χ3n) is 3.48. The van der Waals surface area contributed by atoms with Crippen molar-refractivity contribution in [2.45, 2.75) is 85.7 Å². The normalized spacial score (nSPS) is 11.9. The molecule has 4 amide bonds. The molecule has 1 aromatic rings. The van der Waals surface area contributed by atoms with Crippen LogP contribution in [-0.4, -0.2) is 56.1 Å². The molecule has 184 valence electrons. The summed E-state index contributed by atoms with van der Waals surface area (Å²) in [5, 5.41) is 9.68. The molecule has 0 radical (unpaired) electrons. The number of aliphatic hydroxyl groups is 1. The van der Waals surface area contributed by atoms with Crippen LogP contribution in [0, 0.1) is 0 Å². The smallest absolute Gasteiger partial charge is 0.440 e. The van der Waals surface area contributed by atoms with Gasteiger partial charge in [0.1, 0.15) is 16.8 Å². The minimum atomic E-state index is -1.30. The first kappa shape index (κ1) is 27.9. The molecule has 0 aliphatic carbocycles. The summed E-state index contributed by atoms with van der Waals surface area (Å²) in [6, 6.07) is 5.61. The number of aliphatic hydroxyl groups excluding tert-OH is 1. The first-order valence-electron chi connectivity index (χ1n) is 10.4. The van der Waals surface area contributed by atoms with E-state index in [1.807, 2.05) is 0 Å². The van der Waals surface area contributed by atoms with Gasteiger partial charge >= 0.3 is 18.3 Å². The largest absolute Gasteiger partial charge is 0.442 e. The van der Waals surface area contributed by atoms with Crippen molar-refractivity contribution in [2.24, 2.45) is 0 Å². The van der Waals surface area contributed by atoms with Crippen LogP contribution in [0.25, 0.3) is 0 Å². The number of hydrogen-bond donors (Lipinski definition) is 1. The highest BCUT2D eigenvalue weighted by molar-refractivity contribution is 6.06. The molecule has 0 spiro atoms. The molecule has 33 heavy (non-hydrogen) atoms. The number of carbonyl (C=O) groups is 4. The number of hydrogen-bond acceptors (Lipinski definition) is 8. The highest BCUT2D eigenvalue weighted by Crippen LogP contribution is 2.21. The zero-order valence-electron chi connectivity index (χ0n) is 20.7. The molecule has 1 rings (SSSR count). The van der Waals surface area contributed by atoms with Gasteiger partial charge in [-0.05, 0) is 80.0 Å². The lowest BCUT2D eigenvalue weighted by Crippen LogP contribution is -2.58. The Hall–Kier alpha value is -3.14. The minimum absolute atomic E-state index is 0.0461. The summed E-state index contributed by atoms with van der Waals surface area (Å²) in [5.74, 6) is -1.04. The van der Waals surface area contributed by atoms with E-state index in [1.165, 1.54) is 24.3 Å². The molecule has 0 fully saturated rings. The third-order valence-corrected chi connectivity index (χ3v) is 3.48. The molecule has 0 aromatic heterocycles. The van der Waals surface area contributed by atoms with Gasteiger partial charge in [0, 0.05) is 5.56 Å². The number of carbonyl (C=O) groups excluding carboxylic acids is 4. The predicted molar refractivity (Wildman–Crippen MR) is 119 cm³/mol. The topological polar surface area (TPSA) is 123 Å². The minimum Gasteiger partial charge on any atom is -0.442 e. The predicted octanol–water partition coefficient (Wildman–Crippen LogP) is 4.64. The van der Waals surface area contributed by atoms with E-state index in [1.54, 1.807) is 62.3 Å². The van der Waals surface area contributed by atoms with Crippen LogP contribution in [-0.2, 0) is 20.8 Å². The number of rotatable bonds is 2. The Kier molecular flexibility index (Phi) is 8.62. The van der Waals surface area contributed by atoms with Gasteiger partial charge in [-0.1, -0.05) is 12.1 Å². The van der Waals surface area contributed by atoms with Crippen LogP contribution in [0.2, 0.25) is 0 Å². The molecule has 1 N–H and O–H groups in total. The average Bonchev–Trinajstić information content (AvgIpc) is 2.60. The summed E-state index contributed by atoms with van der Waals surface area (Å²) in [7, 11) is 0. The van der Waals surface area contributed by atoms with Crippen molar-refractivity contribution in [1.82, 2.24) is 10.0 Å². The number of amides is 4. The van der Waals surface area contributed by atoms with Crippen LogP contribution < -0.4 is 0 Å². The Morgan fingerprint density at radius 3 is 1.30 bits per heavy atom. The van der Waals surface area contributed by atoms with Crippen LogP contribution in [0.15, 0.2) is 24.3 Å². The summed E-state index contributed by atoms with van der Waals surface area (Å²) in [4.78, 5) is 52.4. The first-order valence-corrected chi connectivity index (χ1v) is 10.4. The second-order valence-corrected chi connectivity index (χ2v) is 10.2. The van der Waals surface area contributed by atoms with Gasteiger partial charge in [-0.25, -0.2) is 14.4 Å². The van der Waals surface area contributed by atoms with E-state index in [9.17, 15) is 24.3 Å². The zero-order chi connectivity index (χ0) is 25.8. The third kappa shape index (κ3) is 9.09. The van der Waals surface area contributed by atoms with E-state index in [0.29, 0.717) is 5.56 Å². The fraction of sp³-hybridized carbons (Fsp3) is 0.565. The number of hydrazine groups is 1. The highest BCUT2D eigenvalue weighted by Gasteiger charge is 2.44. The van der Waals surface area contributed by atoms with Crippen molar-refractivity contribution >= 4 is 24.2 Å². The van der Waals surface area contributed by atoms with Gasteiger partial charge in [0.25, 0.3) is 5.91 Å². The molecule has 0 aliphatic heterocycles. The molecule has 0 atom stereocenters. The maximum absolute atomic E-state index is 13.4. The molecule has 0 unspecified atom stereocenters. The number of nitrogens with zero attached hydrogens (tertiary/aromatic N) is 2. The number of imide groups is 2. The van der Waals surface area contributed by atoms with Gasteiger partial charge in [0.2, 0.25) is 0 Å². The van der Waals surface area contributed by atoms with E-state index >= 15 is 0 Å². The molecular formula is C23H34N2O8. The lowest BCUT2D eigenvalue weighted by Gasteiger charge is -2.34. The summed E-state index contributed by atoms with van der Waals surface area (Å²) in [5.41, 5.74) is -2.68. The fourth-order valence-electron chi connectivity index (χ4n) is 2.28. The highest BCUT2D eigenvalue weighted by atomic mass is 16.6. The molecule has 0 bridgehead atoms. The van der Waals surface area contributed by atoms with Gasteiger partial charge in [-0.2, -0.15) is 0 Å². The van der Waals surface area contributed by atoms with Gasteiger partial charge in [-0.15, -0.1) is 10.0 Å². The zero-order valence-corrected chi connectivity index (χ0v) is 20.7. The molecule has 0 saturated carbocycles. The molecule has 10 nitrogen and oxygen atoms in total. The molecular weight excluding hydrogens is 432 g/mol. The van der Waals surface area contributed by atoms with Gasteiger partial charge in [0.15, 0.2) is 0 Å². The Bertz CT molecular complexity index is 846. The van der Waals surface area contributed by atoms with Crippen molar-refractivity contribution in [1.29, 1.82) is 0 Å². The van der Waals surface area contributed by atoms with Crippen molar-refractivity contribution in [3.8, 4) is 0 Å². The van der Waals surface area contributed by atoms with Crippen LogP contribution >= 0.6 is 0 Å². The van der Waals surface area contributed by atoms with Crippen LogP contribution in [0.3, 0.4) is 0 Å². The Balaban J connectivity index is 3.61. The lowest BCUT2D eigenvalue weighted by molar-refractivity contribution is -0.0592. The molecule has 0 saturated heterocycles.